The van der Waals surface area contributed by atoms with Crippen LogP contribution in [0.2, 0.25) is 5.02 Å². The summed E-state index contributed by atoms with van der Waals surface area (Å²) in [6, 6.07) is 7.15. The van der Waals surface area contributed by atoms with Crippen LogP contribution in [0.4, 0.5) is 17.5 Å². The average molecular weight is 509 g/mol. The maximum absolute atomic E-state index is 12.6. The number of nitrogens with one attached hydrogen (secondary N) is 2. The number of likely N-dealkylation sites (N-methyl/N-ethyl adjacent to an activating group) is 1. The molecule has 0 spiro atoms. The molecule has 0 unspecified atom stereocenters. The van der Waals surface area contributed by atoms with Gasteiger partial charge in [-0.1, -0.05) is 11.6 Å². The lowest BCUT2D eigenvalue weighted by atomic mass is 10.1. The summed E-state index contributed by atoms with van der Waals surface area (Å²) in [5, 5.41) is 11.2. The number of fused-ring (bicyclic) bond motifs is 2. The van der Waals surface area contributed by atoms with Crippen molar-refractivity contribution >= 4 is 45.9 Å². The summed E-state index contributed by atoms with van der Waals surface area (Å²) in [5.74, 6) is 0.808. The van der Waals surface area contributed by atoms with E-state index in [1.54, 1.807) is 19.3 Å². The molecule has 0 atom stereocenters. The topological polar surface area (TPSA) is 119 Å². The van der Waals surface area contributed by atoms with E-state index >= 15 is 0 Å². The van der Waals surface area contributed by atoms with Crippen molar-refractivity contribution in [2.24, 2.45) is 14.1 Å². The van der Waals surface area contributed by atoms with E-state index in [4.69, 9.17) is 16.3 Å². The number of halogens is 1. The molecule has 0 saturated heterocycles. The first-order valence-electron chi connectivity index (χ1n) is 11.4. The molecule has 0 fully saturated rings. The molecule has 1 aliphatic heterocycles. The van der Waals surface area contributed by atoms with Crippen molar-refractivity contribution in [2.75, 3.05) is 30.4 Å². The number of carbonyl (C=O) groups excluding carboxylic acids is 1. The zero-order valence-electron chi connectivity index (χ0n) is 20.1. The van der Waals surface area contributed by atoms with Crippen LogP contribution in [-0.2, 0) is 31.9 Å². The van der Waals surface area contributed by atoms with Gasteiger partial charge >= 0.3 is 0 Å². The smallest absolute Gasteiger partial charge is 0.293 e. The summed E-state index contributed by atoms with van der Waals surface area (Å²) < 4.78 is 8.81. The van der Waals surface area contributed by atoms with Gasteiger partial charge in [-0.25, -0.2) is 4.98 Å². The van der Waals surface area contributed by atoms with Crippen LogP contribution in [0.5, 0.6) is 5.75 Å². The molecule has 186 valence electrons. The first-order chi connectivity index (χ1) is 17.3. The maximum atomic E-state index is 12.6. The second kappa shape index (κ2) is 9.50. The quantitative estimate of drug-likeness (QED) is 0.406. The van der Waals surface area contributed by atoms with Crippen LogP contribution in [0, 0.1) is 0 Å². The minimum atomic E-state index is -0.325. The molecule has 0 aliphatic carbocycles. The summed E-state index contributed by atoms with van der Waals surface area (Å²) in [5.41, 5.74) is 3.49. The highest BCUT2D eigenvalue weighted by Gasteiger charge is 2.22. The minimum Gasteiger partial charge on any atom is -0.478 e. The van der Waals surface area contributed by atoms with Crippen molar-refractivity contribution in [3.63, 3.8) is 0 Å². The van der Waals surface area contributed by atoms with E-state index in [1.165, 1.54) is 17.2 Å². The van der Waals surface area contributed by atoms with Crippen molar-refractivity contribution in [3.8, 4) is 5.75 Å². The van der Waals surface area contributed by atoms with E-state index in [-0.39, 0.29) is 23.8 Å². The van der Waals surface area contributed by atoms with Gasteiger partial charge < -0.3 is 24.8 Å². The van der Waals surface area contributed by atoms with Gasteiger partial charge in [0.25, 0.3) is 11.5 Å². The third kappa shape index (κ3) is 4.44. The highest BCUT2D eigenvalue weighted by atomic mass is 35.5. The van der Waals surface area contributed by atoms with E-state index < -0.39 is 0 Å². The highest BCUT2D eigenvalue weighted by Crippen LogP contribution is 2.29. The molecule has 3 aromatic heterocycles. The number of aromatic nitrogens is 5. The number of carbonyl (C=O) groups is 1. The predicted octanol–water partition coefficient (Wildman–Crippen LogP) is 2.15. The molecule has 1 aliphatic rings. The van der Waals surface area contributed by atoms with Crippen LogP contribution < -0.4 is 25.8 Å². The van der Waals surface area contributed by atoms with Gasteiger partial charge in [0.1, 0.15) is 5.02 Å². The number of nitrogens with zero attached hydrogens (tertiary/aromatic N) is 6. The molecule has 0 saturated carbocycles. The number of ether oxygens (including phenoxy) is 1. The van der Waals surface area contributed by atoms with Crippen molar-refractivity contribution in [2.45, 2.75) is 13.0 Å². The van der Waals surface area contributed by atoms with Crippen LogP contribution in [-0.4, -0.2) is 50.4 Å². The first kappa shape index (κ1) is 23.6. The molecule has 5 rings (SSSR count). The third-order valence-electron chi connectivity index (χ3n) is 6.25. The first-order valence-corrected chi connectivity index (χ1v) is 11.7. The van der Waals surface area contributed by atoms with Crippen molar-refractivity contribution < 1.29 is 9.53 Å². The lowest BCUT2D eigenvalue weighted by Crippen LogP contribution is -2.32. The van der Waals surface area contributed by atoms with E-state index in [1.807, 2.05) is 36.1 Å². The fraction of sp³-hybridized carbons (Fsp3) is 0.292. The van der Waals surface area contributed by atoms with E-state index in [0.717, 1.165) is 29.7 Å². The number of rotatable bonds is 6. The Kier molecular flexibility index (Phi) is 6.23. The molecule has 4 aromatic rings. The zero-order valence-corrected chi connectivity index (χ0v) is 20.8. The number of pyridine rings is 1. The molecule has 2 N–H and O–H groups in total. The largest absolute Gasteiger partial charge is 0.478 e. The van der Waals surface area contributed by atoms with Gasteiger partial charge in [0.2, 0.25) is 5.95 Å². The molecular weight excluding hydrogens is 484 g/mol. The summed E-state index contributed by atoms with van der Waals surface area (Å²) in [6.07, 6.45) is 4.36. The maximum Gasteiger partial charge on any atom is 0.293 e. The Bertz CT molecular complexity index is 1530. The number of benzene rings is 1. The summed E-state index contributed by atoms with van der Waals surface area (Å²) in [7, 11) is 5.10. The third-order valence-corrected chi connectivity index (χ3v) is 6.52. The molecule has 36 heavy (non-hydrogen) atoms. The van der Waals surface area contributed by atoms with Crippen molar-refractivity contribution in [3.05, 3.63) is 63.3 Å². The van der Waals surface area contributed by atoms with Gasteiger partial charge in [-0.3, -0.25) is 14.3 Å². The molecule has 0 radical (unpaired) electrons. The number of amides is 1. The molecule has 1 aromatic carbocycles. The standard InChI is InChI=1S/C24H25ClN8O3/c1-26-21(34)13-36-20-9-15-8-16(4-5-18(15)31(2)23(20)35)29-22-17(25)11-27-24(30-22)33-7-6-14-10-28-32(3)19(14)12-33/h4-5,8-11H,6-7,12-13H2,1-3H3,(H,26,34)(H,27,29,30). The SMILES string of the molecule is CNC(=O)COc1cc2cc(Nc3nc(N4CCc5cnn(C)c5C4)ncc3Cl)ccc2n(C)c1=O. The molecular formula is C24H25ClN8O3. The number of anilines is 3. The van der Waals surface area contributed by atoms with Gasteiger partial charge in [-0.15, -0.1) is 0 Å². The molecule has 12 heteroatoms. The van der Waals surface area contributed by atoms with E-state index in [9.17, 15) is 9.59 Å². The molecule has 1 amide bonds. The van der Waals surface area contributed by atoms with Crippen molar-refractivity contribution in [1.29, 1.82) is 0 Å². The van der Waals surface area contributed by atoms with Gasteiger partial charge in [-0.05, 0) is 36.2 Å². The van der Waals surface area contributed by atoms with Gasteiger partial charge in [0.15, 0.2) is 18.2 Å². The Morgan fingerprint density at radius 1 is 1.22 bits per heavy atom. The Balaban J connectivity index is 1.42. The average Bonchev–Trinajstić information content (AvgIpc) is 3.26. The fourth-order valence-corrected chi connectivity index (χ4v) is 4.33. The van der Waals surface area contributed by atoms with Crippen molar-refractivity contribution in [1.82, 2.24) is 29.6 Å². The zero-order chi connectivity index (χ0) is 25.4. The van der Waals surface area contributed by atoms with Gasteiger partial charge in [0.05, 0.1) is 30.1 Å². The Labute approximate surface area is 211 Å². The van der Waals surface area contributed by atoms with Gasteiger partial charge in [-0.2, -0.15) is 10.1 Å². The van der Waals surface area contributed by atoms with Crippen LogP contribution in [0.3, 0.4) is 0 Å². The second-order valence-electron chi connectivity index (χ2n) is 8.51. The predicted molar refractivity (Wildman–Crippen MR) is 137 cm³/mol. The van der Waals surface area contributed by atoms with E-state index in [0.29, 0.717) is 28.9 Å². The lowest BCUT2D eigenvalue weighted by Gasteiger charge is -2.27. The summed E-state index contributed by atoms with van der Waals surface area (Å²) in [6.45, 7) is 1.20. The van der Waals surface area contributed by atoms with Crippen LogP contribution >= 0.6 is 11.6 Å². The minimum absolute atomic E-state index is 0.0905. The lowest BCUT2D eigenvalue weighted by molar-refractivity contribution is -0.122. The normalized spacial score (nSPS) is 12.9. The van der Waals surface area contributed by atoms with Crippen LogP contribution in [0.25, 0.3) is 10.9 Å². The molecule has 11 nitrogen and oxygen atoms in total. The highest BCUT2D eigenvalue weighted by molar-refractivity contribution is 6.32. The summed E-state index contributed by atoms with van der Waals surface area (Å²) >= 11 is 6.42. The molecule has 0 bridgehead atoms. The monoisotopic (exact) mass is 508 g/mol. The van der Waals surface area contributed by atoms with Crippen LogP contribution in [0.15, 0.2) is 41.5 Å². The number of hydrogen-bond acceptors (Lipinski definition) is 8. The van der Waals surface area contributed by atoms with Gasteiger partial charge in [0, 0.05) is 38.8 Å². The Hall–Kier alpha value is -4.12. The number of hydrogen-bond donors (Lipinski definition) is 2. The van der Waals surface area contributed by atoms with E-state index in [2.05, 4.69) is 30.6 Å². The summed E-state index contributed by atoms with van der Waals surface area (Å²) in [4.78, 5) is 35.4. The second-order valence-corrected chi connectivity index (χ2v) is 8.92. The number of aryl methyl sites for hydroxylation is 2. The Morgan fingerprint density at radius 3 is 2.86 bits per heavy atom. The molecule has 4 heterocycles. The van der Waals surface area contributed by atoms with Crippen LogP contribution in [0.1, 0.15) is 11.3 Å². The fourth-order valence-electron chi connectivity index (χ4n) is 4.19. The Morgan fingerprint density at radius 2 is 2.06 bits per heavy atom.